The minimum absolute atomic E-state index is 0.271. The predicted octanol–water partition coefficient (Wildman–Crippen LogP) is 3.05. The molecule has 2 rings (SSSR count). The number of carbonyl (C=O) groups excluding carboxylic acids is 1. The number of hydrogen-bond acceptors (Lipinski definition) is 3. The molecule has 0 fully saturated rings. The maximum absolute atomic E-state index is 12.0. The molecule has 0 spiro atoms. The van der Waals surface area contributed by atoms with Gasteiger partial charge in [0.1, 0.15) is 10.8 Å². The molecule has 4 nitrogen and oxygen atoms in total. The Morgan fingerprint density at radius 2 is 1.90 bits per heavy atom. The molecule has 0 atom stereocenters. The van der Waals surface area contributed by atoms with E-state index in [4.69, 9.17) is 11.6 Å². The van der Waals surface area contributed by atoms with E-state index < -0.39 is 0 Å². The molecule has 1 aromatic heterocycles. The molecule has 1 N–H and O–H groups in total. The van der Waals surface area contributed by atoms with Crippen LogP contribution in [0, 0.1) is 0 Å². The minimum atomic E-state index is -0.271. The van der Waals surface area contributed by atoms with E-state index >= 15 is 0 Å². The summed E-state index contributed by atoms with van der Waals surface area (Å²) in [5.74, 6) is -0.271. The highest BCUT2D eigenvalue weighted by molar-refractivity contribution is 6.29. The molecule has 104 valence electrons. The van der Waals surface area contributed by atoms with E-state index in [-0.39, 0.29) is 5.91 Å². The second-order valence-electron chi connectivity index (χ2n) is 4.73. The lowest BCUT2D eigenvalue weighted by molar-refractivity contribution is 0.102. The fraction of sp³-hybridized carbons (Fsp3) is 0.200. The van der Waals surface area contributed by atoms with Crippen LogP contribution in [-0.2, 0) is 6.54 Å². The van der Waals surface area contributed by atoms with Crippen LogP contribution in [0.25, 0.3) is 0 Å². The molecule has 1 amide bonds. The summed E-state index contributed by atoms with van der Waals surface area (Å²) in [6.07, 6.45) is 0. The van der Waals surface area contributed by atoms with Crippen LogP contribution in [0.1, 0.15) is 16.1 Å². The van der Waals surface area contributed by atoms with Gasteiger partial charge in [-0.15, -0.1) is 0 Å². The van der Waals surface area contributed by atoms with Gasteiger partial charge in [0, 0.05) is 12.2 Å². The van der Waals surface area contributed by atoms with Gasteiger partial charge in [-0.2, -0.15) is 0 Å². The van der Waals surface area contributed by atoms with Crippen LogP contribution in [0.15, 0.2) is 42.5 Å². The van der Waals surface area contributed by atoms with Crippen molar-refractivity contribution in [1.82, 2.24) is 9.88 Å². The van der Waals surface area contributed by atoms with E-state index in [0.717, 1.165) is 12.2 Å². The van der Waals surface area contributed by atoms with Crippen molar-refractivity contribution in [2.75, 3.05) is 19.4 Å². The smallest absolute Gasteiger partial charge is 0.274 e. The summed E-state index contributed by atoms with van der Waals surface area (Å²) in [6.45, 7) is 0.865. The van der Waals surface area contributed by atoms with Gasteiger partial charge in [-0.25, -0.2) is 4.98 Å². The normalized spacial score (nSPS) is 10.6. The molecule has 0 aliphatic carbocycles. The first-order chi connectivity index (χ1) is 9.54. The van der Waals surface area contributed by atoms with Crippen molar-refractivity contribution >= 4 is 23.2 Å². The van der Waals surface area contributed by atoms with Crippen LogP contribution in [0.3, 0.4) is 0 Å². The highest BCUT2D eigenvalue weighted by atomic mass is 35.5. The zero-order chi connectivity index (χ0) is 14.5. The van der Waals surface area contributed by atoms with Crippen LogP contribution >= 0.6 is 11.6 Å². The van der Waals surface area contributed by atoms with Crippen molar-refractivity contribution in [3.05, 3.63) is 58.9 Å². The highest BCUT2D eigenvalue weighted by Gasteiger charge is 2.08. The van der Waals surface area contributed by atoms with Gasteiger partial charge in [0.05, 0.1) is 0 Å². The van der Waals surface area contributed by atoms with E-state index in [1.165, 1.54) is 5.56 Å². The second-order valence-corrected chi connectivity index (χ2v) is 5.12. The fourth-order valence-corrected chi connectivity index (χ4v) is 1.95. The van der Waals surface area contributed by atoms with Gasteiger partial charge >= 0.3 is 0 Å². The zero-order valence-electron chi connectivity index (χ0n) is 11.4. The standard InChI is InChI=1S/C15H16ClN3O/c1-19(2)10-11-6-8-12(9-7-11)17-15(20)13-4-3-5-14(16)18-13/h3-9H,10H2,1-2H3,(H,17,20). The van der Waals surface area contributed by atoms with Gasteiger partial charge in [-0.1, -0.05) is 29.8 Å². The number of aromatic nitrogens is 1. The number of nitrogens with one attached hydrogen (secondary N) is 1. The molecule has 1 heterocycles. The summed E-state index contributed by atoms with van der Waals surface area (Å²) in [6, 6.07) is 12.7. The number of benzene rings is 1. The summed E-state index contributed by atoms with van der Waals surface area (Å²) in [4.78, 5) is 18.0. The summed E-state index contributed by atoms with van der Waals surface area (Å²) < 4.78 is 0. The lowest BCUT2D eigenvalue weighted by Crippen LogP contribution is -2.14. The number of amides is 1. The Labute approximate surface area is 123 Å². The Morgan fingerprint density at radius 3 is 2.50 bits per heavy atom. The molecule has 0 aliphatic heterocycles. The summed E-state index contributed by atoms with van der Waals surface area (Å²) in [5, 5.41) is 3.10. The highest BCUT2D eigenvalue weighted by Crippen LogP contribution is 2.12. The van der Waals surface area contributed by atoms with Crippen molar-refractivity contribution < 1.29 is 4.79 Å². The van der Waals surface area contributed by atoms with Crippen molar-refractivity contribution in [1.29, 1.82) is 0 Å². The fourth-order valence-electron chi connectivity index (χ4n) is 1.79. The van der Waals surface area contributed by atoms with Gasteiger partial charge in [0.2, 0.25) is 0 Å². The van der Waals surface area contributed by atoms with Gasteiger partial charge in [-0.05, 0) is 43.9 Å². The molecule has 0 aliphatic rings. The molecule has 0 saturated heterocycles. The average Bonchev–Trinajstić information content (AvgIpc) is 2.40. The SMILES string of the molecule is CN(C)Cc1ccc(NC(=O)c2cccc(Cl)n2)cc1. The van der Waals surface area contributed by atoms with Crippen LogP contribution in [-0.4, -0.2) is 29.9 Å². The quantitative estimate of drug-likeness (QED) is 0.880. The van der Waals surface area contributed by atoms with Crippen LogP contribution < -0.4 is 5.32 Å². The summed E-state index contributed by atoms with van der Waals surface area (Å²) >= 11 is 5.77. The first-order valence-electron chi connectivity index (χ1n) is 6.22. The Morgan fingerprint density at radius 1 is 1.20 bits per heavy atom. The third-order valence-electron chi connectivity index (χ3n) is 2.66. The largest absolute Gasteiger partial charge is 0.321 e. The Bertz CT molecular complexity index is 596. The number of nitrogens with zero attached hydrogens (tertiary/aromatic N) is 2. The Kier molecular flexibility index (Phi) is 4.71. The number of hydrogen-bond donors (Lipinski definition) is 1. The van der Waals surface area contributed by atoms with Gasteiger partial charge in [-0.3, -0.25) is 4.79 Å². The third-order valence-corrected chi connectivity index (χ3v) is 2.87. The molecule has 1 aromatic carbocycles. The lowest BCUT2D eigenvalue weighted by Gasteiger charge is -2.10. The Balaban J connectivity index is 2.04. The van der Waals surface area contributed by atoms with Gasteiger partial charge in [0.25, 0.3) is 5.91 Å². The number of halogens is 1. The van der Waals surface area contributed by atoms with Crippen LogP contribution in [0.5, 0.6) is 0 Å². The first-order valence-corrected chi connectivity index (χ1v) is 6.60. The molecule has 0 bridgehead atoms. The lowest BCUT2D eigenvalue weighted by atomic mass is 10.2. The number of anilines is 1. The molecule has 20 heavy (non-hydrogen) atoms. The molecule has 0 radical (unpaired) electrons. The van der Waals surface area contributed by atoms with E-state index in [2.05, 4.69) is 15.2 Å². The van der Waals surface area contributed by atoms with Crippen LogP contribution in [0.2, 0.25) is 5.15 Å². The molecule has 0 saturated carbocycles. The third kappa shape index (κ3) is 4.05. The van der Waals surface area contributed by atoms with E-state index in [9.17, 15) is 4.79 Å². The minimum Gasteiger partial charge on any atom is -0.321 e. The number of carbonyl (C=O) groups is 1. The Hall–Kier alpha value is -1.91. The van der Waals surface area contributed by atoms with E-state index in [1.54, 1.807) is 18.2 Å². The summed E-state index contributed by atoms with van der Waals surface area (Å²) in [5.41, 5.74) is 2.23. The van der Waals surface area contributed by atoms with Crippen molar-refractivity contribution in [3.63, 3.8) is 0 Å². The van der Waals surface area contributed by atoms with Gasteiger partial charge in [0.15, 0.2) is 0 Å². The van der Waals surface area contributed by atoms with Crippen molar-refractivity contribution in [2.45, 2.75) is 6.54 Å². The van der Waals surface area contributed by atoms with Crippen LogP contribution in [0.4, 0.5) is 5.69 Å². The second kappa shape index (κ2) is 6.50. The predicted molar refractivity (Wildman–Crippen MR) is 81.0 cm³/mol. The average molecular weight is 290 g/mol. The molecule has 5 heteroatoms. The molecule has 0 unspecified atom stereocenters. The van der Waals surface area contributed by atoms with Crippen molar-refractivity contribution in [3.8, 4) is 0 Å². The van der Waals surface area contributed by atoms with E-state index in [0.29, 0.717) is 10.8 Å². The zero-order valence-corrected chi connectivity index (χ0v) is 12.2. The summed E-state index contributed by atoms with van der Waals surface area (Å²) in [7, 11) is 4.03. The molecule has 2 aromatic rings. The van der Waals surface area contributed by atoms with Gasteiger partial charge < -0.3 is 10.2 Å². The molecular formula is C15H16ClN3O. The number of pyridine rings is 1. The van der Waals surface area contributed by atoms with Crippen molar-refractivity contribution in [2.24, 2.45) is 0 Å². The first kappa shape index (κ1) is 14.5. The monoisotopic (exact) mass is 289 g/mol. The van der Waals surface area contributed by atoms with E-state index in [1.807, 2.05) is 38.4 Å². The number of rotatable bonds is 4. The maximum atomic E-state index is 12.0. The molecular weight excluding hydrogens is 274 g/mol. The topological polar surface area (TPSA) is 45.2 Å². The maximum Gasteiger partial charge on any atom is 0.274 e.